The van der Waals surface area contributed by atoms with Gasteiger partial charge in [-0.05, 0) is 81.0 Å². The zero-order valence-corrected chi connectivity index (χ0v) is 27.3. The third kappa shape index (κ3) is 5.11. The van der Waals surface area contributed by atoms with Crippen LogP contribution in [0.2, 0.25) is 5.02 Å². The Hall–Kier alpha value is -3.64. The van der Waals surface area contributed by atoms with Gasteiger partial charge in [-0.3, -0.25) is 14.5 Å². The van der Waals surface area contributed by atoms with Crippen molar-refractivity contribution in [2.75, 3.05) is 53.3 Å². The molecule has 2 heterocycles. The Morgan fingerprint density at radius 2 is 1.68 bits per heavy atom. The number of halogens is 1. The van der Waals surface area contributed by atoms with Crippen LogP contribution in [0.1, 0.15) is 29.5 Å². The van der Waals surface area contributed by atoms with Crippen molar-refractivity contribution in [2.45, 2.75) is 35.9 Å². The molecule has 1 saturated heterocycles. The van der Waals surface area contributed by atoms with E-state index in [1.807, 2.05) is 36.0 Å². The second-order valence-electron chi connectivity index (χ2n) is 11.5. The first-order valence-electron chi connectivity index (χ1n) is 14.2. The van der Waals surface area contributed by atoms with Gasteiger partial charge in [0.25, 0.3) is 15.9 Å². The van der Waals surface area contributed by atoms with E-state index in [0.29, 0.717) is 53.6 Å². The van der Waals surface area contributed by atoms with Gasteiger partial charge in [0.1, 0.15) is 11.5 Å². The number of benzene rings is 3. The summed E-state index contributed by atoms with van der Waals surface area (Å²) in [5.74, 6) is -0.0428. The molecular formula is C32H37ClN4O6S. The van der Waals surface area contributed by atoms with E-state index < -0.39 is 27.5 Å². The molecule has 2 amide bonds. The van der Waals surface area contributed by atoms with Crippen molar-refractivity contribution in [1.82, 2.24) is 14.7 Å². The number of ether oxygens (including phenoxy) is 2. The monoisotopic (exact) mass is 640 g/mol. The minimum Gasteiger partial charge on any atom is -0.497 e. The number of carbonyl (C=O) groups excluding carboxylic acids is 2. The highest BCUT2D eigenvalue weighted by molar-refractivity contribution is 7.93. The molecule has 2 aliphatic heterocycles. The third-order valence-corrected chi connectivity index (χ3v) is 10.2. The van der Waals surface area contributed by atoms with Gasteiger partial charge in [0.05, 0.1) is 30.8 Å². The molecule has 0 saturated carbocycles. The van der Waals surface area contributed by atoms with Gasteiger partial charge in [-0.1, -0.05) is 23.7 Å². The molecule has 44 heavy (non-hydrogen) atoms. The summed E-state index contributed by atoms with van der Waals surface area (Å²) < 4.78 is 40.8. The largest absolute Gasteiger partial charge is 0.497 e. The lowest BCUT2D eigenvalue weighted by molar-refractivity contribution is -0.138. The van der Waals surface area contributed by atoms with Crippen LogP contribution in [0.25, 0.3) is 0 Å². The smallest absolute Gasteiger partial charge is 0.271 e. The van der Waals surface area contributed by atoms with E-state index in [4.69, 9.17) is 21.1 Å². The number of fused-ring (bicyclic) bond motifs is 1. The zero-order valence-electron chi connectivity index (χ0n) is 25.7. The number of amides is 2. The average Bonchev–Trinajstić information content (AvgIpc) is 3.57. The van der Waals surface area contributed by atoms with Gasteiger partial charge in [0, 0.05) is 43.3 Å². The van der Waals surface area contributed by atoms with E-state index in [1.54, 1.807) is 38.4 Å². The molecule has 10 nitrogen and oxygen atoms in total. The molecule has 0 N–H and O–H groups in total. The molecule has 2 aliphatic rings. The molecule has 234 valence electrons. The Kier molecular flexibility index (Phi) is 8.69. The van der Waals surface area contributed by atoms with Crippen LogP contribution in [0, 0.1) is 0 Å². The topological polar surface area (TPSA) is 99.7 Å². The Balaban J connectivity index is 1.83. The molecule has 3 aromatic carbocycles. The zero-order chi connectivity index (χ0) is 32.0. The number of rotatable bonds is 9. The molecule has 1 unspecified atom stereocenters. The van der Waals surface area contributed by atoms with Gasteiger partial charge in [-0.2, -0.15) is 0 Å². The van der Waals surface area contributed by atoms with Crippen LogP contribution in [-0.2, 0) is 31.7 Å². The van der Waals surface area contributed by atoms with Crippen LogP contribution in [0.3, 0.4) is 0 Å². The minimum atomic E-state index is -4.43. The number of nitrogens with zero attached hydrogens (tertiary/aromatic N) is 4. The number of methoxy groups -OCH3 is 2. The van der Waals surface area contributed by atoms with E-state index in [2.05, 4.69) is 0 Å². The van der Waals surface area contributed by atoms with E-state index in [0.717, 1.165) is 9.87 Å². The Morgan fingerprint density at radius 1 is 0.977 bits per heavy atom. The molecule has 3 aromatic rings. The van der Waals surface area contributed by atoms with Crippen molar-refractivity contribution in [1.29, 1.82) is 0 Å². The predicted octanol–water partition coefficient (Wildman–Crippen LogP) is 3.95. The number of hydrogen-bond donors (Lipinski definition) is 0. The number of anilines is 1. The fraction of sp³-hybridized carbons (Fsp3) is 0.375. The van der Waals surface area contributed by atoms with Gasteiger partial charge in [-0.25, -0.2) is 12.7 Å². The van der Waals surface area contributed by atoms with E-state index in [-0.39, 0.29) is 16.5 Å². The summed E-state index contributed by atoms with van der Waals surface area (Å²) in [5, 5.41) is 0.322. The minimum absolute atomic E-state index is 0.0843. The van der Waals surface area contributed by atoms with Gasteiger partial charge in [0.2, 0.25) is 5.91 Å². The van der Waals surface area contributed by atoms with Crippen LogP contribution in [0.15, 0.2) is 65.6 Å². The van der Waals surface area contributed by atoms with Crippen LogP contribution in [0.4, 0.5) is 5.69 Å². The summed E-state index contributed by atoms with van der Waals surface area (Å²) in [6.07, 6.45) is 1.12. The maximum Gasteiger partial charge on any atom is 0.271 e. The Bertz CT molecular complexity index is 1700. The fourth-order valence-electron chi connectivity index (χ4n) is 6.35. The van der Waals surface area contributed by atoms with Gasteiger partial charge < -0.3 is 19.3 Å². The summed E-state index contributed by atoms with van der Waals surface area (Å²) >= 11 is 6.59. The SMILES string of the molecule is COc1ccc(S(=O)(=O)N2C(=O)C(c3ccc(CN(C)C)cc3OC)(N3CCC[C@H]3C(=O)N(C)C)c3cc(Cl)ccc32)cc1. The number of likely N-dealkylation sites (N-methyl/N-ethyl adjacent to an activating group) is 1. The first kappa shape index (κ1) is 31.8. The number of likely N-dealkylation sites (tertiary alicyclic amines) is 1. The van der Waals surface area contributed by atoms with Crippen molar-refractivity contribution in [3.63, 3.8) is 0 Å². The molecule has 5 rings (SSSR count). The summed E-state index contributed by atoms with van der Waals surface area (Å²) in [6.45, 7) is 0.977. The number of hydrogen-bond acceptors (Lipinski definition) is 8. The third-order valence-electron chi connectivity index (χ3n) is 8.22. The van der Waals surface area contributed by atoms with Crippen molar-refractivity contribution >= 4 is 39.1 Å². The molecule has 0 spiro atoms. The molecule has 12 heteroatoms. The quantitative estimate of drug-likeness (QED) is 0.347. The van der Waals surface area contributed by atoms with Gasteiger partial charge in [-0.15, -0.1) is 0 Å². The first-order valence-corrected chi connectivity index (χ1v) is 16.0. The van der Waals surface area contributed by atoms with E-state index in [9.17, 15) is 13.2 Å². The summed E-state index contributed by atoms with van der Waals surface area (Å²) in [4.78, 5) is 34.1. The fourth-order valence-corrected chi connectivity index (χ4v) is 7.98. The Morgan fingerprint density at radius 3 is 2.30 bits per heavy atom. The van der Waals surface area contributed by atoms with Gasteiger partial charge in [0.15, 0.2) is 5.54 Å². The van der Waals surface area contributed by atoms with Crippen molar-refractivity contribution < 1.29 is 27.5 Å². The van der Waals surface area contributed by atoms with Crippen LogP contribution in [-0.4, -0.2) is 89.9 Å². The summed E-state index contributed by atoms with van der Waals surface area (Å²) in [7, 11) is 5.81. The average molecular weight is 641 g/mol. The van der Waals surface area contributed by atoms with Crippen LogP contribution < -0.4 is 13.8 Å². The lowest BCUT2D eigenvalue weighted by Gasteiger charge is -2.42. The van der Waals surface area contributed by atoms with Crippen LogP contribution >= 0.6 is 11.6 Å². The maximum absolute atomic E-state index is 15.2. The normalized spacial score (nSPS) is 20.2. The van der Waals surface area contributed by atoms with Gasteiger partial charge >= 0.3 is 0 Å². The second kappa shape index (κ2) is 12.0. The highest BCUT2D eigenvalue weighted by atomic mass is 35.5. The molecule has 0 radical (unpaired) electrons. The van der Waals surface area contributed by atoms with Crippen molar-refractivity contribution in [3.8, 4) is 11.5 Å². The molecule has 0 aromatic heterocycles. The molecular weight excluding hydrogens is 604 g/mol. The van der Waals surface area contributed by atoms with E-state index >= 15 is 4.79 Å². The van der Waals surface area contributed by atoms with Crippen molar-refractivity contribution in [2.24, 2.45) is 0 Å². The molecule has 0 aliphatic carbocycles. The highest BCUT2D eigenvalue weighted by Crippen LogP contribution is 2.55. The summed E-state index contributed by atoms with van der Waals surface area (Å²) in [6, 6.07) is 15.5. The first-order chi connectivity index (χ1) is 20.9. The lowest BCUT2D eigenvalue weighted by atomic mass is 9.80. The Labute approximate surface area is 263 Å². The predicted molar refractivity (Wildman–Crippen MR) is 169 cm³/mol. The van der Waals surface area contributed by atoms with Crippen molar-refractivity contribution in [3.05, 3.63) is 82.4 Å². The number of carbonyl (C=O) groups is 2. The molecule has 2 atom stereocenters. The van der Waals surface area contributed by atoms with Crippen LogP contribution in [0.5, 0.6) is 11.5 Å². The standard InChI is InChI=1S/C32H37ClN4O6S/c1-34(2)20-21-9-15-25(29(18-21)43-6)32(36-17-7-8-28(36)30(38)35(3)4)26-19-22(33)10-16-27(26)37(31(32)39)44(40,41)24-13-11-23(42-5)12-14-24/h9-16,18-19,28H,7-8,17,20H2,1-6H3/t28-,32?/m0/s1. The summed E-state index contributed by atoms with van der Waals surface area (Å²) in [5.41, 5.74) is 0.158. The lowest BCUT2D eigenvalue weighted by Crippen LogP contribution is -2.59. The molecule has 1 fully saturated rings. The molecule has 0 bridgehead atoms. The van der Waals surface area contributed by atoms with E-state index in [1.165, 1.54) is 43.4 Å². The maximum atomic E-state index is 15.2. The second-order valence-corrected chi connectivity index (χ2v) is 13.7. The number of sulfonamides is 1. The highest BCUT2D eigenvalue weighted by Gasteiger charge is 2.63.